The van der Waals surface area contributed by atoms with Crippen LogP contribution in [0.1, 0.15) is 27.5 Å². The zero-order valence-corrected chi connectivity index (χ0v) is 14.1. The monoisotopic (exact) mass is 368 g/mol. The molecule has 1 aliphatic carbocycles. The van der Waals surface area contributed by atoms with E-state index in [0.29, 0.717) is 22.6 Å². The van der Waals surface area contributed by atoms with Crippen molar-refractivity contribution in [1.82, 2.24) is 5.32 Å². The van der Waals surface area contributed by atoms with Gasteiger partial charge in [-0.3, -0.25) is 14.4 Å². The molecule has 2 aliphatic rings. The molecule has 27 heavy (non-hydrogen) atoms. The number of nitrogens with one attached hydrogen (secondary N) is 2. The molecule has 8 heteroatoms. The van der Waals surface area contributed by atoms with Crippen molar-refractivity contribution in [3.05, 3.63) is 53.1 Å². The molecule has 138 valence electrons. The molecule has 8 nitrogen and oxygen atoms in total. The quantitative estimate of drug-likeness (QED) is 0.650. The first-order valence-electron chi connectivity index (χ1n) is 8.35. The summed E-state index contributed by atoms with van der Waals surface area (Å²) in [4.78, 5) is 35.7. The topological polar surface area (TPSA) is 125 Å². The molecule has 2 aromatic carbocycles. The zero-order valence-electron chi connectivity index (χ0n) is 14.1. The van der Waals surface area contributed by atoms with Crippen LogP contribution in [0.3, 0.4) is 0 Å². The maximum atomic E-state index is 12.7. The molecule has 2 amide bonds. The largest absolute Gasteiger partial charge is 0.508 e. The number of carboxylic acids is 1. The van der Waals surface area contributed by atoms with E-state index in [1.807, 2.05) is 0 Å². The van der Waals surface area contributed by atoms with E-state index in [2.05, 4.69) is 10.6 Å². The number of phenolic OH excluding ortho intramolecular Hbond substituents is 1. The second-order valence-electron chi connectivity index (χ2n) is 6.49. The van der Waals surface area contributed by atoms with Gasteiger partial charge in [-0.15, -0.1) is 0 Å². The number of aromatic hydroxyl groups is 1. The van der Waals surface area contributed by atoms with Crippen LogP contribution in [0.4, 0.5) is 5.69 Å². The Bertz CT molecular complexity index is 971. The SMILES string of the molecule is O=C1COc2cc(C(=O)N[C@@H]3c4cccc(O)c4C[C@@H]3C(=O)O)ccc2N1. The van der Waals surface area contributed by atoms with E-state index < -0.39 is 23.8 Å². The maximum absolute atomic E-state index is 12.7. The lowest BCUT2D eigenvalue weighted by Crippen LogP contribution is -2.34. The van der Waals surface area contributed by atoms with E-state index in [9.17, 15) is 24.6 Å². The molecule has 0 saturated heterocycles. The molecule has 4 N–H and O–H groups in total. The smallest absolute Gasteiger partial charge is 0.309 e. The molecular weight excluding hydrogens is 352 g/mol. The lowest BCUT2D eigenvalue weighted by molar-refractivity contribution is -0.142. The minimum atomic E-state index is -1.05. The minimum Gasteiger partial charge on any atom is -0.508 e. The predicted molar refractivity (Wildman–Crippen MR) is 93.7 cm³/mol. The number of aliphatic carboxylic acids is 1. The second-order valence-corrected chi connectivity index (χ2v) is 6.49. The summed E-state index contributed by atoms with van der Waals surface area (Å²) in [7, 11) is 0. The number of anilines is 1. The number of rotatable bonds is 3. The number of carbonyl (C=O) groups excluding carboxylic acids is 2. The van der Waals surface area contributed by atoms with Crippen molar-refractivity contribution in [2.75, 3.05) is 11.9 Å². The van der Waals surface area contributed by atoms with Crippen molar-refractivity contribution >= 4 is 23.5 Å². The van der Waals surface area contributed by atoms with Crippen LogP contribution in [0.25, 0.3) is 0 Å². The van der Waals surface area contributed by atoms with Gasteiger partial charge in [0.25, 0.3) is 11.8 Å². The summed E-state index contributed by atoms with van der Waals surface area (Å²) in [5, 5.41) is 24.9. The van der Waals surface area contributed by atoms with Gasteiger partial charge in [0.2, 0.25) is 0 Å². The van der Waals surface area contributed by atoms with Crippen LogP contribution in [-0.4, -0.2) is 34.6 Å². The van der Waals surface area contributed by atoms with Crippen molar-refractivity contribution in [3.63, 3.8) is 0 Å². The highest BCUT2D eigenvalue weighted by molar-refractivity contribution is 5.99. The van der Waals surface area contributed by atoms with E-state index in [1.165, 1.54) is 18.2 Å². The van der Waals surface area contributed by atoms with Crippen molar-refractivity contribution in [1.29, 1.82) is 0 Å². The molecular formula is C19H16N2O6. The van der Waals surface area contributed by atoms with Crippen LogP contribution in [0.5, 0.6) is 11.5 Å². The molecule has 1 heterocycles. The number of amides is 2. The normalized spacial score (nSPS) is 20.1. The summed E-state index contributed by atoms with van der Waals surface area (Å²) in [5.41, 5.74) is 1.88. The molecule has 0 saturated carbocycles. The fourth-order valence-electron chi connectivity index (χ4n) is 3.51. The fourth-order valence-corrected chi connectivity index (χ4v) is 3.51. The molecule has 1 aliphatic heterocycles. The number of hydrogen-bond donors (Lipinski definition) is 4. The van der Waals surface area contributed by atoms with Crippen LogP contribution in [0.2, 0.25) is 0 Å². The van der Waals surface area contributed by atoms with Gasteiger partial charge in [-0.2, -0.15) is 0 Å². The zero-order chi connectivity index (χ0) is 19.1. The minimum absolute atomic E-state index is 0.0217. The van der Waals surface area contributed by atoms with Gasteiger partial charge in [-0.05, 0) is 36.2 Å². The van der Waals surface area contributed by atoms with Crippen molar-refractivity contribution in [2.24, 2.45) is 5.92 Å². The summed E-state index contributed by atoms with van der Waals surface area (Å²) >= 11 is 0. The molecule has 4 rings (SSSR count). The summed E-state index contributed by atoms with van der Waals surface area (Å²) < 4.78 is 5.31. The van der Waals surface area contributed by atoms with Crippen LogP contribution in [0.15, 0.2) is 36.4 Å². The molecule has 0 radical (unpaired) electrons. The highest BCUT2D eigenvalue weighted by Gasteiger charge is 2.39. The van der Waals surface area contributed by atoms with Gasteiger partial charge in [0.15, 0.2) is 6.61 Å². The molecule has 2 aromatic rings. The number of carbonyl (C=O) groups is 3. The molecule has 0 spiro atoms. The van der Waals surface area contributed by atoms with E-state index in [0.717, 1.165) is 0 Å². The highest BCUT2D eigenvalue weighted by atomic mass is 16.5. The van der Waals surface area contributed by atoms with E-state index in [1.54, 1.807) is 18.2 Å². The fraction of sp³-hybridized carbons (Fsp3) is 0.211. The molecule has 2 atom stereocenters. The lowest BCUT2D eigenvalue weighted by Gasteiger charge is -2.21. The number of carboxylic acid groups (broad SMARTS) is 1. The summed E-state index contributed by atoms with van der Waals surface area (Å²) in [6, 6.07) is 8.65. The van der Waals surface area contributed by atoms with Crippen molar-refractivity contribution in [2.45, 2.75) is 12.5 Å². The molecule has 0 fully saturated rings. The van der Waals surface area contributed by atoms with Gasteiger partial charge in [-0.1, -0.05) is 12.1 Å². The van der Waals surface area contributed by atoms with Crippen molar-refractivity contribution in [3.8, 4) is 11.5 Å². The van der Waals surface area contributed by atoms with E-state index in [4.69, 9.17) is 4.74 Å². The number of phenols is 1. The highest BCUT2D eigenvalue weighted by Crippen LogP contribution is 2.40. The van der Waals surface area contributed by atoms with Gasteiger partial charge in [0.1, 0.15) is 11.5 Å². The summed E-state index contributed by atoms with van der Waals surface area (Å²) in [5.74, 6) is -2.26. The van der Waals surface area contributed by atoms with Crippen LogP contribution in [-0.2, 0) is 16.0 Å². The van der Waals surface area contributed by atoms with Crippen LogP contribution >= 0.6 is 0 Å². The molecule has 0 bridgehead atoms. The number of ether oxygens (including phenoxy) is 1. The van der Waals surface area contributed by atoms with Crippen LogP contribution < -0.4 is 15.4 Å². The number of fused-ring (bicyclic) bond motifs is 2. The van der Waals surface area contributed by atoms with E-state index >= 15 is 0 Å². The Labute approximate surface area is 153 Å². The first-order chi connectivity index (χ1) is 12.9. The van der Waals surface area contributed by atoms with Gasteiger partial charge in [0.05, 0.1) is 17.6 Å². The Hall–Kier alpha value is -3.55. The first kappa shape index (κ1) is 16.9. The van der Waals surface area contributed by atoms with Crippen molar-refractivity contribution < 1.29 is 29.3 Å². The Morgan fingerprint density at radius 1 is 1.22 bits per heavy atom. The third-order valence-electron chi connectivity index (χ3n) is 4.83. The number of benzene rings is 2. The Kier molecular flexibility index (Phi) is 3.95. The average Bonchev–Trinajstić information content (AvgIpc) is 3.01. The maximum Gasteiger partial charge on any atom is 0.309 e. The predicted octanol–water partition coefficient (Wildman–Crippen LogP) is 1.45. The van der Waals surface area contributed by atoms with Gasteiger partial charge in [0, 0.05) is 11.1 Å². The van der Waals surface area contributed by atoms with Gasteiger partial charge < -0.3 is 25.6 Å². The van der Waals surface area contributed by atoms with Crippen LogP contribution in [0, 0.1) is 5.92 Å². The average molecular weight is 368 g/mol. The third kappa shape index (κ3) is 2.95. The molecule has 0 aromatic heterocycles. The standard InChI is InChI=1S/C19H16N2O6/c22-14-3-1-2-10-11(14)7-12(19(25)26)17(10)21-18(24)9-4-5-13-15(6-9)27-8-16(23)20-13/h1-6,12,17,22H,7-8H2,(H,20,23)(H,21,24)(H,25,26)/t12-,17+/m0/s1. The second kappa shape index (κ2) is 6.31. The first-order valence-corrected chi connectivity index (χ1v) is 8.35. The Balaban J connectivity index is 1.61. The summed E-state index contributed by atoms with van der Waals surface area (Å²) in [6.45, 7) is -0.131. The van der Waals surface area contributed by atoms with Gasteiger partial charge >= 0.3 is 5.97 Å². The Morgan fingerprint density at radius 2 is 2.04 bits per heavy atom. The van der Waals surface area contributed by atoms with Gasteiger partial charge in [-0.25, -0.2) is 0 Å². The lowest BCUT2D eigenvalue weighted by atomic mass is 10.00. The number of hydrogen-bond acceptors (Lipinski definition) is 5. The Morgan fingerprint density at radius 3 is 2.81 bits per heavy atom. The molecule has 0 unspecified atom stereocenters. The third-order valence-corrected chi connectivity index (χ3v) is 4.83. The summed E-state index contributed by atoms with van der Waals surface area (Å²) in [6.07, 6.45) is 0.140. The van der Waals surface area contributed by atoms with E-state index in [-0.39, 0.29) is 30.2 Å².